The van der Waals surface area contributed by atoms with Crippen molar-refractivity contribution >= 4 is 11.9 Å². The molecule has 1 aromatic rings. The van der Waals surface area contributed by atoms with Gasteiger partial charge in [-0.3, -0.25) is 4.79 Å². The number of esters is 1. The number of hydrogen-bond donors (Lipinski definition) is 1. The lowest BCUT2D eigenvalue weighted by Gasteiger charge is -2.20. The third-order valence-electron chi connectivity index (χ3n) is 2.41. The fourth-order valence-electron chi connectivity index (χ4n) is 1.58. The number of nitrogens with one attached hydrogen (secondary N) is 1. The van der Waals surface area contributed by atoms with E-state index in [-0.39, 0.29) is 18.1 Å². The number of benzene rings is 1. The van der Waals surface area contributed by atoms with Gasteiger partial charge >= 0.3 is 5.97 Å². The highest BCUT2D eigenvalue weighted by Gasteiger charge is 2.15. The number of rotatable bonds is 6. The standard InChI is InChI=1S/C16H23NO4/c1-5-10-20-13-8-6-12(7-9-13)15(19)21-11-14(18)17-16(2,3)4/h6-9H,5,10-11H2,1-4H3,(H,17,18). The quantitative estimate of drug-likeness (QED) is 0.819. The average Bonchev–Trinajstić information content (AvgIpc) is 2.41. The van der Waals surface area contributed by atoms with Crippen molar-refractivity contribution in [2.75, 3.05) is 13.2 Å². The van der Waals surface area contributed by atoms with Crippen LogP contribution in [0.5, 0.6) is 5.75 Å². The van der Waals surface area contributed by atoms with Crippen LogP contribution in [0.25, 0.3) is 0 Å². The molecule has 0 fully saturated rings. The van der Waals surface area contributed by atoms with Crippen LogP contribution in [0.15, 0.2) is 24.3 Å². The molecule has 0 aliphatic rings. The van der Waals surface area contributed by atoms with Gasteiger partial charge in [-0.05, 0) is 51.5 Å². The van der Waals surface area contributed by atoms with Gasteiger partial charge in [-0.25, -0.2) is 4.79 Å². The molecule has 21 heavy (non-hydrogen) atoms. The van der Waals surface area contributed by atoms with E-state index in [4.69, 9.17) is 9.47 Å². The van der Waals surface area contributed by atoms with Crippen molar-refractivity contribution in [2.24, 2.45) is 0 Å². The summed E-state index contributed by atoms with van der Waals surface area (Å²) in [5, 5.41) is 2.72. The molecule has 1 rings (SSSR count). The van der Waals surface area contributed by atoms with Crippen molar-refractivity contribution < 1.29 is 19.1 Å². The Labute approximate surface area is 125 Å². The van der Waals surface area contributed by atoms with E-state index in [9.17, 15) is 9.59 Å². The summed E-state index contributed by atoms with van der Waals surface area (Å²) in [6.07, 6.45) is 0.923. The fraction of sp³-hybridized carbons (Fsp3) is 0.500. The van der Waals surface area contributed by atoms with Gasteiger partial charge in [-0.15, -0.1) is 0 Å². The second-order valence-corrected chi connectivity index (χ2v) is 5.75. The van der Waals surface area contributed by atoms with Crippen LogP contribution in [0, 0.1) is 0 Å². The third-order valence-corrected chi connectivity index (χ3v) is 2.41. The molecule has 1 N–H and O–H groups in total. The van der Waals surface area contributed by atoms with E-state index < -0.39 is 5.97 Å². The van der Waals surface area contributed by atoms with Crippen LogP contribution in [0.4, 0.5) is 0 Å². The number of hydrogen-bond acceptors (Lipinski definition) is 4. The molecule has 0 unspecified atom stereocenters. The molecule has 0 saturated heterocycles. The molecule has 0 aliphatic heterocycles. The molecule has 0 heterocycles. The summed E-state index contributed by atoms with van der Waals surface area (Å²) in [6.45, 7) is 7.96. The Hall–Kier alpha value is -2.04. The van der Waals surface area contributed by atoms with Crippen molar-refractivity contribution in [3.8, 4) is 5.75 Å². The normalized spacial score (nSPS) is 10.9. The summed E-state index contributed by atoms with van der Waals surface area (Å²) in [5.41, 5.74) is 0.0456. The molecular weight excluding hydrogens is 270 g/mol. The van der Waals surface area contributed by atoms with Crippen LogP contribution in [-0.4, -0.2) is 30.6 Å². The minimum Gasteiger partial charge on any atom is -0.494 e. The molecular formula is C16H23NO4. The Morgan fingerprint density at radius 2 is 1.76 bits per heavy atom. The molecule has 5 heteroatoms. The highest BCUT2D eigenvalue weighted by molar-refractivity contribution is 5.91. The average molecular weight is 293 g/mol. The summed E-state index contributed by atoms with van der Waals surface area (Å²) in [5.74, 6) is -0.140. The number of ether oxygens (including phenoxy) is 2. The van der Waals surface area contributed by atoms with Crippen molar-refractivity contribution in [1.29, 1.82) is 0 Å². The Morgan fingerprint density at radius 3 is 2.29 bits per heavy atom. The zero-order valence-corrected chi connectivity index (χ0v) is 13.1. The van der Waals surface area contributed by atoms with Crippen LogP contribution in [0.1, 0.15) is 44.5 Å². The lowest BCUT2D eigenvalue weighted by molar-refractivity contribution is -0.125. The van der Waals surface area contributed by atoms with Gasteiger partial charge in [0.25, 0.3) is 5.91 Å². The van der Waals surface area contributed by atoms with Crippen LogP contribution in [0.3, 0.4) is 0 Å². The minimum absolute atomic E-state index is 0.288. The van der Waals surface area contributed by atoms with E-state index in [2.05, 4.69) is 5.32 Å². The maximum absolute atomic E-state index is 11.8. The first kappa shape index (κ1) is 17.0. The van der Waals surface area contributed by atoms with E-state index >= 15 is 0 Å². The van der Waals surface area contributed by atoms with Crippen molar-refractivity contribution in [3.63, 3.8) is 0 Å². The van der Waals surface area contributed by atoms with E-state index in [1.165, 1.54) is 0 Å². The molecule has 1 aromatic carbocycles. The van der Waals surface area contributed by atoms with Gasteiger partial charge in [0.2, 0.25) is 0 Å². The molecule has 0 spiro atoms. The van der Waals surface area contributed by atoms with E-state index in [1.54, 1.807) is 24.3 Å². The third kappa shape index (κ3) is 6.79. The molecule has 0 aromatic heterocycles. The first-order valence-corrected chi connectivity index (χ1v) is 7.03. The van der Waals surface area contributed by atoms with Gasteiger partial charge in [-0.1, -0.05) is 6.92 Å². The van der Waals surface area contributed by atoms with E-state index in [0.717, 1.165) is 6.42 Å². The van der Waals surface area contributed by atoms with Gasteiger partial charge in [0.05, 0.1) is 12.2 Å². The van der Waals surface area contributed by atoms with Crippen molar-refractivity contribution in [1.82, 2.24) is 5.32 Å². The Morgan fingerprint density at radius 1 is 1.14 bits per heavy atom. The van der Waals surface area contributed by atoms with Gasteiger partial charge in [0, 0.05) is 5.54 Å². The maximum atomic E-state index is 11.8. The lowest BCUT2D eigenvalue weighted by atomic mass is 10.1. The number of carbonyl (C=O) groups excluding carboxylic acids is 2. The molecule has 5 nitrogen and oxygen atoms in total. The van der Waals surface area contributed by atoms with Crippen molar-refractivity contribution in [3.05, 3.63) is 29.8 Å². The van der Waals surface area contributed by atoms with Gasteiger partial charge in [0.15, 0.2) is 6.61 Å². The number of amides is 1. The van der Waals surface area contributed by atoms with E-state index in [0.29, 0.717) is 17.9 Å². The lowest BCUT2D eigenvalue weighted by Crippen LogP contribution is -2.42. The van der Waals surface area contributed by atoms with Gasteiger partial charge < -0.3 is 14.8 Å². The summed E-state index contributed by atoms with van der Waals surface area (Å²) in [7, 11) is 0. The molecule has 116 valence electrons. The van der Waals surface area contributed by atoms with E-state index in [1.807, 2.05) is 27.7 Å². The molecule has 0 atom stereocenters. The van der Waals surface area contributed by atoms with Crippen molar-refractivity contribution in [2.45, 2.75) is 39.7 Å². The van der Waals surface area contributed by atoms with Crippen LogP contribution in [-0.2, 0) is 9.53 Å². The monoisotopic (exact) mass is 293 g/mol. The summed E-state index contributed by atoms with van der Waals surface area (Å²) in [4.78, 5) is 23.4. The second kappa shape index (κ2) is 7.67. The van der Waals surface area contributed by atoms with Gasteiger partial charge in [-0.2, -0.15) is 0 Å². The largest absolute Gasteiger partial charge is 0.494 e. The number of carbonyl (C=O) groups is 2. The zero-order valence-electron chi connectivity index (χ0n) is 13.1. The Balaban J connectivity index is 2.47. The summed E-state index contributed by atoms with van der Waals surface area (Å²) in [6, 6.07) is 6.66. The summed E-state index contributed by atoms with van der Waals surface area (Å²) >= 11 is 0. The summed E-state index contributed by atoms with van der Waals surface area (Å²) < 4.78 is 10.4. The topological polar surface area (TPSA) is 64.6 Å². The first-order chi connectivity index (χ1) is 9.81. The second-order valence-electron chi connectivity index (χ2n) is 5.75. The van der Waals surface area contributed by atoms with Crippen LogP contribution in [0.2, 0.25) is 0 Å². The predicted octanol–water partition coefficient (Wildman–Crippen LogP) is 2.55. The molecule has 1 amide bonds. The Bertz CT molecular complexity index is 474. The predicted molar refractivity (Wildman–Crippen MR) is 80.4 cm³/mol. The van der Waals surface area contributed by atoms with Crippen LogP contribution >= 0.6 is 0 Å². The highest BCUT2D eigenvalue weighted by Crippen LogP contribution is 2.13. The minimum atomic E-state index is -0.527. The zero-order chi connectivity index (χ0) is 15.9. The van der Waals surface area contributed by atoms with Crippen LogP contribution < -0.4 is 10.1 Å². The maximum Gasteiger partial charge on any atom is 0.338 e. The first-order valence-electron chi connectivity index (χ1n) is 7.03. The molecule has 0 bridgehead atoms. The van der Waals surface area contributed by atoms with Gasteiger partial charge in [0.1, 0.15) is 5.75 Å². The molecule has 0 aliphatic carbocycles. The Kier molecular flexibility index (Phi) is 6.21. The molecule has 0 radical (unpaired) electrons. The fourth-order valence-corrected chi connectivity index (χ4v) is 1.58. The molecule has 0 saturated carbocycles. The SMILES string of the molecule is CCCOc1ccc(C(=O)OCC(=O)NC(C)(C)C)cc1. The highest BCUT2D eigenvalue weighted by atomic mass is 16.5. The smallest absolute Gasteiger partial charge is 0.338 e.